The summed E-state index contributed by atoms with van der Waals surface area (Å²) in [6.45, 7) is 0. The molecule has 1 amide bonds. The molecule has 0 aromatic carbocycles. The quantitative estimate of drug-likeness (QED) is 0.913. The average Bonchev–Trinajstić information content (AvgIpc) is 2.68. The number of imidazole rings is 1. The van der Waals surface area contributed by atoms with Crippen molar-refractivity contribution in [3.8, 4) is 0 Å². The number of carbonyl (C=O) groups excluding carboxylic acids is 1. The molecule has 0 atom stereocenters. The number of halogens is 1. The monoisotopic (exact) mass is 280 g/mol. The first-order chi connectivity index (χ1) is 7.66. The Morgan fingerprint density at radius 1 is 1.56 bits per heavy atom. The maximum atomic E-state index is 11.8. The summed E-state index contributed by atoms with van der Waals surface area (Å²) in [5.41, 5.74) is 1.05. The van der Waals surface area contributed by atoms with Gasteiger partial charge in [0.15, 0.2) is 0 Å². The molecule has 2 aromatic heterocycles. The molecule has 16 heavy (non-hydrogen) atoms. The zero-order valence-corrected chi connectivity index (χ0v) is 10.1. The van der Waals surface area contributed by atoms with Crippen molar-refractivity contribution in [1.29, 1.82) is 0 Å². The van der Waals surface area contributed by atoms with Crippen LogP contribution in [-0.2, 0) is 7.05 Å². The minimum absolute atomic E-state index is 0.243. The Balaban J connectivity index is 2.17. The molecule has 5 nitrogen and oxygen atoms in total. The molecular weight excluding hydrogens is 272 g/mol. The van der Waals surface area contributed by atoms with E-state index in [9.17, 15) is 4.79 Å². The van der Waals surface area contributed by atoms with Gasteiger partial charge in [0, 0.05) is 25.6 Å². The van der Waals surface area contributed by atoms with E-state index in [2.05, 4.69) is 31.2 Å². The number of aryl methyl sites for hydroxylation is 1. The van der Waals surface area contributed by atoms with Crippen molar-refractivity contribution in [2.45, 2.75) is 0 Å². The van der Waals surface area contributed by atoms with Gasteiger partial charge in [-0.05, 0) is 22.0 Å². The van der Waals surface area contributed by atoms with Gasteiger partial charge in [0.2, 0.25) is 0 Å². The number of nitrogens with zero attached hydrogens (tertiary/aromatic N) is 3. The van der Waals surface area contributed by atoms with E-state index in [1.807, 2.05) is 7.05 Å². The Labute approximate surface area is 101 Å². The van der Waals surface area contributed by atoms with Crippen LogP contribution < -0.4 is 5.32 Å². The molecule has 0 unspecified atom stereocenters. The van der Waals surface area contributed by atoms with E-state index in [1.165, 1.54) is 0 Å². The molecule has 0 bridgehead atoms. The molecule has 0 saturated carbocycles. The van der Waals surface area contributed by atoms with E-state index >= 15 is 0 Å². The van der Waals surface area contributed by atoms with Gasteiger partial charge in [-0.25, -0.2) is 4.98 Å². The van der Waals surface area contributed by atoms with Crippen LogP contribution in [0.2, 0.25) is 0 Å². The highest BCUT2D eigenvalue weighted by Gasteiger charge is 2.10. The van der Waals surface area contributed by atoms with E-state index in [1.54, 1.807) is 35.6 Å². The lowest BCUT2D eigenvalue weighted by Crippen LogP contribution is -2.12. The molecule has 6 heteroatoms. The molecule has 82 valence electrons. The van der Waals surface area contributed by atoms with Crippen LogP contribution in [0.5, 0.6) is 0 Å². The molecule has 2 heterocycles. The zero-order chi connectivity index (χ0) is 11.5. The van der Waals surface area contributed by atoms with Crippen LogP contribution in [0.4, 0.5) is 5.69 Å². The second-order valence-electron chi connectivity index (χ2n) is 3.23. The first-order valence-electron chi connectivity index (χ1n) is 4.55. The maximum Gasteiger partial charge on any atom is 0.275 e. The summed E-state index contributed by atoms with van der Waals surface area (Å²) in [6, 6.07) is 1.71. The van der Waals surface area contributed by atoms with Gasteiger partial charge in [-0.1, -0.05) is 0 Å². The third kappa shape index (κ3) is 2.27. The third-order valence-electron chi connectivity index (χ3n) is 1.96. The van der Waals surface area contributed by atoms with Gasteiger partial charge in [0.25, 0.3) is 5.91 Å². The number of anilines is 1. The highest BCUT2D eigenvalue weighted by molar-refractivity contribution is 9.10. The Morgan fingerprint density at radius 2 is 2.38 bits per heavy atom. The van der Waals surface area contributed by atoms with Crippen LogP contribution in [0.15, 0.2) is 35.5 Å². The molecule has 2 rings (SSSR count). The minimum Gasteiger partial charge on any atom is -0.340 e. The van der Waals surface area contributed by atoms with Gasteiger partial charge in [-0.2, -0.15) is 0 Å². The molecule has 0 fully saturated rings. The average molecular weight is 281 g/mol. The largest absolute Gasteiger partial charge is 0.340 e. The molecule has 0 aliphatic rings. The molecule has 0 aliphatic heterocycles. The first-order valence-corrected chi connectivity index (χ1v) is 5.35. The van der Waals surface area contributed by atoms with E-state index in [4.69, 9.17) is 0 Å². The van der Waals surface area contributed by atoms with Gasteiger partial charge in [0.05, 0.1) is 16.5 Å². The van der Waals surface area contributed by atoms with Crippen LogP contribution in [0.3, 0.4) is 0 Å². The van der Waals surface area contributed by atoms with Crippen molar-refractivity contribution < 1.29 is 4.79 Å². The lowest BCUT2D eigenvalue weighted by molar-refractivity contribution is 0.102. The Kier molecular flexibility index (Phi) is 3.00. The third-order valence-corrected chi connectivity index (χ3v) is 2.59. The Bertz CT molecular complexity index is 523. The summed E-state index contributed by atoms with van der Waals surface area (Å²) in [4.78, 5) is 19.6. The van der Waals surface area contributed by atoms with Crippen molar-refractivity contribution >= 4 is 27.5 Å². The zero-order valence-electron chi connectivity index (χ0n) is 8.51. The lowest BCUT2D eigenvalue weighted by Gasteiger charge is -2.04. The molecule has 0 aliphatic carbocycles. The van der Waals surface area contributed by atoms with Gasteiger partial charge >= 0.3 is 0 Å². The van der Waals surface area contributed by atoms with Crippen LogP contribution >= 0.6 is 15.9 Å². The van der Waals surface area contributed by atoms with Crippen molar-refractivity contribution in [2.24, 2.45) is 7.05 Å². The van der Waals surface area contributed by atoms with Crippen molar-refractivity contribution in [3.63, 3.8) is 0 Å². The fourth-order valence-corrected chi connectivity index (χ4v) is 1.54. The Hall–Kier alpha value is -1.69. The summed E-state index contributed by atoms with van der Waals surface area (Å²) >= 11 is 3.30. The molecule has 0 radical (unpaired) electrons. The Morgan fingerprint density at radius 3 is 3.00 bits per heavy atom. The summed E-state index contributed by atoms with van der Waals surface area (Å²) < 4.78 is 2.45. The molecule has 2 aromatic rings. The molecule has 0 spiro atoms. The number of pyridine rings is 1. The van der Waals surface area contributed by atoms with Crippen molar-refractivity contribution in [3.05, 3.63) is 41.2 Å². The molecule has 0 saturated heterocycles. The summed E-state index contributed by atoms with van der Waals surface area (Å²) in [7, 11) is 1.81. The fourth-order valence-electron chi connectivity index (χ4n) is 1.19. The predicted octanol–water partition coefficient (Wildman–Crippen LogP) is 1.83. The van der Waals surface area contributed by atoms with Gasteiger partial charge in [-0.15, -0.1) is 0 Å². The van der Waals surface area contributed by atoms with Crippen LogP contribution in [0.25, 0.3) is 0 Å². The number of hydrogen-bond donors (Lipinski definition) is 1. The van der Waals surface area contributed by atoms with Gasteiger partial charge < -0.3 is 9.88 Å². The smallest absolute Gasteiger partial charge is 0.275 e. The summed E-state index contributed by atoms with van der Waals surface area (Å²) in [5, 5.41) is 2.74. The predicted molar refractivity (Wildman–Crippen MR) is 63.1 cm³/mol. The van der Waals surface area contributed by atoms with Crippen molar-refractivity contribution in [2.75, 3.05) is 5.32 Å². The fraction of sp³-hybridized carbons (Fsp3) is 0.100. The van der Waals surface area contributed by atoms with E-state index in [-0.39, 0.29) is 5.91 Å². The van der Waals surface area contributed by atoms with Gasteiger partial charge in [0.1, 0.15) is 5.69 Å². The number of aromatic nitrogens is 3. The highest BCUT2D eigenvalue weighted by atomic mass is 79.9. The van der Waals surface area contributed by atoms with Crippen LogP contribution in [-0.4, -0.2) is 20.4 Å². The van der Waals surface area contributed by atoms with E-state index in [0.717, 1.165) is 4.47 Å². The van der Waals surface area contributed by atoms with Crippen LogP contribution in [0, 0.1) is 0 Å². The number of rotatable bonds is 2. The van der Waals surface area contributed by atoms with Crippen molar-refractivity contribution in [1.82, 2.24) is 14.5 Å². The van der Waals surface area contributed by atoms with E-state index in [0.29, 0.717) is 11.4 Å². The lowest BCUT2D eigenvalue weighted by atomic mass is 10.3. The molecule has 1 N–H and O–H groups in total. The number of amides is 1. The normalized spacial score (nSPS) is 10.1. The second-order valence-corrected chi connectivity index (χ2v) is 4.09. The minimum atomic E-state index is -0.243. The summed E-state index contributed by atoms with van der Waals surface area (Å²) in [5.74, 6) is -0.243. The summed E-state index contributed by atoms with van der Waals surface area (Å²) in [6.07, 6.45) is 6.47. The number of hydrogen-bond acceptors (Lipinski definition) is 3. The van der Waals surface area contributed by atoms with E-state index < -0.39 is 0 Å². The topological polar surface area (TPSA) is 59.8 Å². The maximum absolute atomic E-state index is 11.8. The van der Waals surface area contributed by atoms with Crippen LogP contribution in [0.1, 0.15) is 10.5 Å². The highest BCUT2D eigenvalue weighted by Crippen LogP contribution is 2.20. The number of nitrogens with one attached hydrogen (secondary N) is 1. The second kappa shape index (κ2) is 4.44. The molecular formula is C10H9BrN4O. The van der Waals surface area contributed by atoms with Gasteiger partial charge in [-0.3, -0.25) is 9.78 Å². The SMILES string of the molecule is Cn1cnc(C(=O)Nc2ccncc2Br)c1. The number of carbonyl (C=O) groups is 1. The standard InChI is InChI=1S/C10H9BrN4O/c1-15-5-9(13-6-15)10(16)14-8-2-3-12-4-7(8)11/h2-6H,1H3,(H,12,14,16). The first kappa shape index (κ1) is 10.8.